The van der Waals surface area contributed by atoms with E-state index < -0.39 is 0 Å². The summed E-state index contributed by atoms with van der Waals surface area (Å²) in [4.78, 5) is 0. The zero-order valence-electron chi connectivity index (χ0n) is 13.0. The Labute approximate surface area is 122 Å². The normalized spacial score (nSPS) is 15.9. The highest BCUT2D eigenvalue weighted by molar-refractivity contribution is 5.41. The fourth-order valence-corrected chi connectivity index (χ4v) is 2.68. The maximum Gasteiger partial charge on any atom is 0.123 e. The summed E-state index contributed by atoms with van der Waals surface area (Å²) in [5.41, 5.74) is 2.65. The number of unbranched alkanes of at least 4 members (excludes halogenated alkanes) is 2. The minimum Gasteiger partial charge on any atom is -0.487 e. The molecule has 3 heteroatoms. The first kappa shape index (κ1) is 15.3. The third-order valence-electron chi connectivity index (χ3n) is 3.66. The monoisotopic (exact) mass is 277 g/mol. The van der Waals surface area contributed by atoms with Crippen LogP contribution in [0.25, 0.3) is 0 Å². The van der Waals surface area contributed by atoms with Gasteiger partial charge in [0, 0.05) is 26.7 Å². The summed E-state index contributed by atoms with van der Waals surface area (Å²) in [7, 11) is 1.76. The highest BCUT2D eigenvalue weighted by atomic mass is 16.5. The molecule has 0 bridgehead atoms. The zero-order valence-corrected chi connectivity index (χ0v) is 13.0. The van der Waals surface area contributed by atoms with E-state index in [9.17, 15) is 0 Å². The van der Waals surface area contributed by atoms with E-state index in [2.05, 4.69) is 37.4 Å². The van der Waals surface area contributed by atoms with E-state index in [1.807, 2.05) is 0 Å². The molecule has 112 valence electrons. The lowest BCUT2D eigenvalue weighted by atomic mass is 10.0. The molecule has 0 amide bonds. The van der Waals surface area contributed by atoms with Crippen LogP contribution in [0, 0.1) is 0 Å². The van der Waals surface area contributed by atoms with Crippen LogP contribution in [0.4, 0.5) is 0 Å². The van der Waals surface area contributed by atoms with E-state index in [-0.39, 0.29) is 5.60 Å². The quantitative estimate of drug-likeness (QED) is 0.740. The lowest BCUT2D eigenvalue weighted by Crippen LogP contribution is -2.24. The summed E-state index contributed by atoms with van der Waals surface area (Å²) in [5.74, 6) is 1.05. The van der Waals surface area contributed by atoms with Crippen molar-refractivity contribution in [2.75, 3.05) is 20.3 Å². The molecular formula is C17H27NO2. The molecule has 0 spiro atoms. The summed E-state index contributed by atoms with van der Waals surface area (Å²) in [6.07, 6.45) is 4.61. The molecule has 1 heterocycles. The fraction of sp³-hybridized carbons (Fsp3) is 0.647. The Balaban J connectivity index is 1.70. The van der Waals surface area contributed by atoms with Crippen molar-refractivity contribution in [3.8, 4) is 5.75 Å². The molecule has 0 fully saturated rings. The summed E-state index contributed by atoms with van der Waals surface area (Å²) in [5, 5.41) is 3.51. The Bertz CT molecular complexity index is 429. The Kier molecular flexibility index (Phi) is 5.44. The highest BCUT2D eigenvalue weighted by Gasteiger charge is 2.29. The number of hydrogen-bond donors (Lipinski definition) is 1. The predicted octanol–water partition coefficient (Wildman–Crippen LogP) is 3.31. The summed E-state index contributed by atoms with van der Waals surface area (Å²) in [6, 6.07) is 6.56. The summed E-state index contributed by atoms with van der Waals surface area (Å²) in [6.45, 7) is 7.18. The van der Waals surface area contributed by atoms with Crippen LogP contribution < -0.4 is 10.1 Å². The molecule has 0 saturated heterocycles. The van der Waals surface area contributed by atoms with Gasteiger partial charge in [-0.2, -0.15) is 0 Å². The molecule has 2 rings (SSSR count). The van der Waals surface area contributed by atoms with Gasteiger partial charge in [0.15, 0.2) is 0 Å². The molecule has 1 N–H and O–H groups in total. The molecular weight excluding hydrogens is 250 g/mol. The van der Waals surface area contributed by atoms with Gasteiger partial charge in [0.1, 0.15) is 11.4 Å². The molecule has 1 aliphatic rings. The number of fused-ring (bicyclic) bond motifs is 1. The molecule has 20 heavy (non-hydrogen) atoms. The average molecular weight is 277 g/mol. The van der Waals surface area contributed by atoms with Crippen LogP contribution in [0.5, 0.6) is 5.75 Å². The van der Waals surface area contributed by atoms with E-state index in [1.165, 1.54) is 24.0 Å². The van der Waals surface area contributed by atoms with Gasteiger partial charge in [0.25, 0.3) is 0 Å². The largest absolute Gasteiger partial charge is 0.487 e. The summed E-state index contributed by atoms with van der Waals surface area (Å²) >= 11 is 0. The van der Waals surface area contributed by atoms with Crippen molar-refractivity contribution < 1.29 is 9.47 Å². The Morgan fingerprint density at radius 2 is 2.10 bits per heavy atom. The van der Waals surface area contributed by atoms with Gasteiger partial charge in [-0.05, 0) is 56.8 Å². The second-order valence-electron chi connectivity index (χ2n) is 6.21. The van der Waals surface area contributed by atoms with Crippen LogP contribution >= 0.6 is 0 Å². The molecule has 0 radical (unpaired) electrons. The van der Waals surface area contributed by atoms with E-state index in [4.69, 9.17) is 9.47 Å². The molecule has 0 atom stereocenters. The first-order chi connectivity index (χ1) is 9.61. The van der Waals surface area contributed by atoms with Gasteiger partial charge in [-0.15, -0.1) is 0 Å². The van der Waals surface area contributed by atoms with Crippen LogP contribution in [-0.4, -0.2) is 25.9 Å². The number of benzene rings is 1. The number of rotatable bonds is 8. The van der Waals surface area contributed by atoms with Gasteiger partial charge < -0.3 is 14.8 Å². The van der Waals surface area contributed by atoms with Crippen molar-refractivity contribution >= 4 is 0 Å². The molecule has 3 nitrogen and oxygen atoms in total. The Morgan fingerprint density at radius 1 is 1.25 bits per heavy atom. The minimum absolute atomic E-state index is 0.0459. The maximum atomic E-state index is 5.90. The SMILES string of the molecule is COCCCCCNCc1ccc2c(c1)CC(C)(C)O2. The van der Waals surface area contributed by atoms with E-state index in [0.29, 0.717) is 0 Å². The standard InChI is InChI=1S/C17H27NO2/c1-17(2)12-15-11-14(7-8-16(15)20-17)13-18-9-5-4-6-10-19-3/h7-8,11,18H,4-6,9-10,12-13H2,1-3H3. The van der Waals surface area contributed by atoms with E-state index in [0.717, 1.165) is 38.3 Å². The van der Waals surface area contributed by atoms with Crippen molar-refractivity contribution in [1.82, 2.24) is 5.32 Å². The van der Waals surface area contributed by atoms with Gasteiger partial charge in [0.05, 0.1) is 0 Å². The molecule has 0 aromatic heterocycles. The second kappa shape index (κ2) is 7.09. The van der Waals surface area contributed by atoms with Gasteiger partial charge in [-0.25, -0.2) is 0 Å². The van der Waals surface area contributed by atoms with Crippen LogP contribution in [-0.2, 0) is 17.7 Å². The molecule has 1 aromatic carbocycles. The third kappa shape index (κ3) is 4.50. The zero-order chi connectivity index (χ0) is 14.4. The van der Waals surface area contributed by atoms with Gasteiger partial charge in [0.2, 0.25) is 0 Å². The van der Waals surface area contributed by atoms with Crippen molar-refractivity contribution in [2.24, 2.45) is 0 Å². The first-order valence-corrected chi connectivity index (χ1v) is 7.61. The van der Waals surface area contributed by atoms with Crippen LogP contribution in [0.1, 0.15) is 44.2 Å². The lowest BCUT2D eigenvalue weighted by Gasteiger charge is -2.16. The number of hydrogen-bond acceptors (Lipinski definition) is 3. The lowest BCUT2D eigenvalue weighted by molar-refractivity contribution is 0.138. The summed E-state index contributed by atoms with van der Waals surface area (Å²) < 4.78 is 10.9. The Hall–Kier alpha value is -1.06. The molecule has 0 unspecified atom stereocenters. The third-order valence-corrected chi connectivity index (χ3v) is 3.66. The average Bonchev–Trinajstić information content (AvgIpc) is 2.71. The smallest absolute Gasteiger partial charge is 0.123 e. The molecule has 1 aromatic rings. The van der Waals surface area contributed by atoms with Crippen molar-refractivity contribution in [1.29, 1.82) is 0 Å². The molecule has 0 saturated carbocycles. The van der Waals surface area contributed by atoms with Crippen molar-refractivity contribution in [2.45, 2.75) is 51.7 Å². The first-order valence-electron chi connectivity index (χ1n) is 7.61. The van der Waals surface area contributed by atoms with E-state index in [1.54, 1.807) is 7.11 Å². The molecule has 0 aliphatic carbocycles. The second-order valence-corrected chi connectivity index (χ2v) is 6.21. The van der Waals surface area contributed by atoms with E-state index >= 15 is 0 Å². The number of ether oxygens (including phenoxy) is 2. The maximum absolute atomic E-state index is 5.90. The van der Waals surface area contributed by atoms with Crippen molar-refractivity contribution in [3.05, 3.63) is 29.3 Å². The predicted molar refractivity (Wildman–Crippen MR) is 82.3 cm³/mol. The Morgan fingerprint density at radius 3 is 2.90 bits per heavy atom. The van der Waals surface area contributed by atoms with Crippen LogP contribution in [0.3, 0.4) is 0 Å². The van der Waals surface area contributed by atoms with Gasteiger partial charge >= 0.3 is 0 Å². The van der Waals surface area contributed by atoms with Crippen molar-refractivity contribution in [3.63, 3.8) is 0 Å². The van der Waals surface area contributed by atoms with Crippen LogP contribution in [0.15, 0.2) is 18.2 Å². The topological polar surface area (TPSA) is 30.5 Å². The number of methoxy groups -OCH3 is 1. The molecule has 1 aliphatic heterocycles. The minimum atomic E-state index is -0.0459. The van der Waals surface area contributed by atoms with Crippen LogP contribution in [0.2, 0.25) is 0 Å². The highest BCUT2D eigenvalue weighted by Crippen LogP contribution is 2.35. The number of nitrogens with one attached hydrogen (secondary N) is 1. The van der Waals surface area contributed by atoms with Gasteiger partial charge in [-0.3, -0.25) is 0 Å². The van der Waals surface area contributed by atoms with Gasteiger partial charge in [-0.1, -0.05) is 12.1 Å². The fourth-order valence-electron chi connectivity index (χ4n) is 2.68.